The lowest BCUT2D eigenvalue weighted by atomic mass is 9.82. The summed E-state index contributed by atoms with van der Waals surface area (Å²) in [5, 5.41) is 9.11. The number of hydrogen-bond acceptors (Lipinski definition) is 6. The van der Waals surface area contributed by atoms with Gasteiger partial charge in [0.15, 0.2) is 5.65 Å². The summed E-state index contributed by atoms with van der Waals surface area (Å²) in [6.07, 6.45) is 8.92. The fraction of sp³-hybridized carbons (Fsp3) is 0.538. The normalized spacial score (nSPS) is 20.3. The summed E-state index contributed by atoms with van der Waals surface area (Å²) in [4.78, 5) is 27.1. The lowest BCUT2D eigenvalue weighted by Crippen LogP contribution is -2.54. The summed E-state index contributed by atoms with van der Waals surface area (Å²) in [6.45, 7) is 7.09. The van der Waals surface area contributed by atoms with E-state index in [2.05, 4.69) is 48.0 Å². The van der Waals surface area contributed by atoms with Crippen LogP contribution in [0.15, 0.2) is 35.4 Å². The van der Waals surface area contributed by atoms with Crippen molar-refractivity contribution in [1.82, 2.24) is 24.1 Å². The highest BCUT2D eigenvalue weighted by Gasteiger charge is 2.31. The molecule has 34 heavy (non-hydrogen) atoms. The molecule has 0 radical (unpaired) electrons. The monoisotopic (exact) mass is 459 g/mol. The molecule has 178 valence electrons. The summed E-state index contributed by atoms with van der Waals surface area (Å²) < 4.78 is 3.33. The predicted octanol–water partition coefficient (Wildman–Crippen LogP) is 3.42. The van der Waals surface area contributed by atoms with E-state index in [0.29, 0.717) is 11.6 Å². The topological polar surface area (TPSA) is 82.5 Å². The van der Waals surface area contributed by atoms with Crippen molar-refractivity contribution in [2.75, 3.05) is 24.5 Å². The van der Waals surface area contributed by atoms with Crippen LogP contribution < -0.4 is 10.5 Å². The number of pyridine rings is 1. The third kappa shape index (κ3) is 3.98. The third-order valence-electron chi connectivity index (χ3n) is 7.79. The van der Waals surface area contributed by atoms with E-state index in [0.717, 1.165) is 37.4 Å². The maximum absolute atomic E-state index is 12.7. The Morgan fingerprint density at radius 2 is 2.09 bits per heavy atom. The number of rotatable bonds is 6. The zero-order valence-corrected chi connectivity index (χ0v) is 20.3. The molecule has 8 nitrogen and oxygen atoms in total. The number of hydrogen-bond donors (Lipinski definition) is 0. The Bertz CT molecular complexity index is 1270. The van der Waals surface area contributed by atoms with E-state index in [1.54, 1.807) is 28.5 Å². The molecule has 0 amide bonds. The minimum absolute atomic E-state index is 0.0771. The van der Waals surface area contributed by atoms with E-state index in [1.165, 1.54) is 30.5 Å². The molecular weight excluding hydrogens is 426 g/mol. The summed E-state index contributed by atoms with van der Waals surface area (Å²) >= 11 is 0. The largest absolute Gasteiger partial charge is 0.363 e. The molecule has 4 heterocycles. The van der Waals surface area contributed by atoms with Crippen LogP contribution in [0.25, 0.3) is 5.65 Å². The second-order valence-corrected chi connectivity index (χ2v) is 9.70. The molecule has 3 aromatic heterocycles. The molecule has 1 aliphatic heterocycles. The fourth-order valence-corrected chi connectivity index (χ4v) is 5.30. The molecule has 5 rings (SSSR count). The standard InChI is InChI=1S/C26H33N7O/c1-4-22-17-31(18(2)20-8-9-23(28-15-20)19-6-5-7-19)12-13-32(22)24-14-25(34)30(3)33-16-21(10-11-27)29-26(24)33/h8-9,14-16,18-19,22H,4-7,10,12-13,17H2,1-3H3. The van der Waals surface area contributed by atoms with Crippen LogP contribution in [0.3, 0.4) is 0 Å². The molecule has 1 saturated heterocycles. The van der Waals surface area contributed by atoms with Crippen molar-refractivity contribution < 1.29 is 0 Å². The number of nitrogens with zero attached hydrogens (tertiary/aromatic N) is 7. The highest BCUT2D eigenvalue weighted by atomic mass is 16.1. The van der Waals surface area contributed by atoms with Crippen LogP contribution in [0.2, 0.25) is 0 Å². The van der Waals surface area contributed by atoms with Crippen molar-refractivity contribution >= 4 is 11.3 Å². The molecule has 0 spiro atoms. The van der Waals surface area contributed by atoms with Crippen LogP contribution in [0, 0.1) is 11.3 Å². The lowest BCUT2D eigenvalue weighted by Gasteiger charge is -2.44. The van der Waals surface area contributed by atoms with E-state index >= 15 is 0 Å². The Hall–Kier alpha value is -3.18. The molecule has 0 aromatic carbocycles. The van der Waals surface area contributed by atoms with Crippen molar-refractivity contribution in [3.8, 4) is 6.07 Å². The predicted molar refractivity (Wildman–Crippen MR) is 132 cm³/mol. The first-order chi connectivity index (χ1) is 16.5. The Morgan fingerprint density at radius 3 is 2.74 bits per heavy atom. The van der Waals surface area contributed by atoms with Gasteiger partial charge in [0.1, 0.15) is 0 Å². The summed E-state index contributed by atoms with van der Waals surface area (Å²) in [6, 6.07) is 8.89. The lowest BCUT2D eigenvalue weighted by molar-refractivity contribution is 0.169. The van der Waals surface area contributed by atoms with E-state index in [9.17, 15) is 4.79 Å². The van der Waals surface area contributed by atoms with Gasteiger partial charge in [0.25, 0.3) is 5.56 Å². The Labute approximate surface area is 200 Å². The first-order valence-corrected chi connectivity index (χ1v) is 12.4. The van der Waals surface area contributed by atoms with Crippen LogP contribution in [0.5, 0.6) is 0 Å². The smallest absolute Gasteiger partial charge is 0.267 e. The van der Waals surface area contributed by atoms with Gasteiger partial charge in [0.2, 0.25) is 0 Å². The molecule has 2 aliphatic rings. The van der Waals surface area contributed by atoms with E-state index in [4.69, 9.17) is 15.2 Å². The molecule has 8 heteroatoms. The molecule has 1 aliphatic carbocycles. The Balaban J connectivity index is 1.38. The maximum Gasteiger partial charge on any atom is 0.267 e. The number of anilines is 1. The molecule has 2 unspecified atom stereocenters. The van der Waals surface area contributed by atoms with Gasteiger partial charge in [0, 0.05) is 62.6 Å². The summed E-state index contributed by atoms with van der Waals surface area (Å²) in [5.74, 6) is 0.657. The number of nitriles is 1. The number of piperazine rings is 1. The average Bonchev–Trinajstić information content (AvgIpc) is 3.24. The zero-order chi connectivity index (χ0) is 23.8. The first-order valence-electron chi connectivity index (χ1n) is 12.4. The van der Waals surface area contributed by atoms with Crippen molar-refractivity contribution in [1.29, 1.82) is 5.26 Å². The van der Waals surface area contributed by atoms with Gasteiger partial charge in [-0.15, -0.1) is 0 Å². The number of fused-ring (bicyclic) bond motifs is 1. The molecule has 0 N–H and O–H groups in total. The van der Waals surface area contributed by atoms with Crippen LogP contribution in [0.4, 0.5) is 5.69 Å². The van der Waals surface area contributed by atoms with Crippen LogP contribution in [0.1, 0.15) is 68.4 Å². The molecular formula is C26H33N7O. The summed E-state index contributed by atoms with van der Waals surface area (Å²) in [7, 11) is 1.73. The molecule has 1 saturated carbocycles. The number of aromatic nitrogens is 4. The van der Waals surface area contributed by atoms with Gasteiger partial charge in [-0.2, -0.15) is 5.26 Å². The highest BCUT2D eigenvalue weighted by molar-refractivity contribution is 5.69. The zero-order valence-electron chi connectivity index (χ0n) is 20.3. The average molecular weight is 460 g/mol. The van der Waals surface area contributed by atoms with Crippen LogP contribution >= 0.6 is 0 Å². The van der Waals surface area contributed by atoms with Gasteiger partial charge in [-0.05, 0) is 37.8 Å². The van der Waals surface area contributed by atoms with E-state index in [1.807, 2.05) is 0 Å². The first kappa shape index (κ1) is 22.6. The van der Waals surface area contributed by atoms with Gasteiger partial charge in [-0.25, -0.2) is 14.2 Å². The Kier molecular flexibility index (Phi) is 6.13. The maximum atomic E-state index is 12.7. The Morgan fingerprint density at radius 1 is 1.26 bits per heavy atom. The molecule has 3 aromatic rings. The van der Waals surface area contributed by atoms with Crippen LogP contribution in [-0.4, -0.2) is 49.7 Å². The van der Waals surface area contributed by atoms with Crippen LogP contribution in [-0.2, 0) is 13.5 Å². The molecule has 0 bridgehead atoms. The summed E-state index contributed by atoms with van der Waals surface area (Å²) in [5.41, 5.74) is 4.70. The third-order valence-corrected chi connectivity index (χ3v) is 7.79. The molecule has 2 fully saturated rings. The van der Waals surface area contributed by atoms with Gasteiger partial charge < -0.3 is 4.90 Å². The minimum Gasteiger partial charge on any atom is -0.363 e. The van der Waals surface area contributed by atoms with Gasteiger partial charge in [-0.3, -0.25) is 14.7 Å². The number of imidazole rings is 1. The highest BCUT2D eigenvalue weighted by Crippen LogP contribution is 2.36. The molecule has 2 atom stereocenters. The van der Waals surface area contributed by atoms with Gasteiger partial charge in [0.05, 0.1) is 30.1 Å². The quantitative estimate of drug-likeness (QED) is 0.562. The van der Waals surface area contributed by atoms with Crippen molar-refractivity contribution in [2.24, 2.45) is 7.05 Å². The van der Waals surface area contributed by atoms with Gasteiger partial charge in [-0.1, -0.05) is 19.4 Å². The van der Waals surface area contributed by atoms with Crippen molar-refractivity contribution in [3.63, 3.8) is 0 Å². The van der Waals surface area contributed by atoms with Gasteiger partial charge >= 0.3 is 0 Å². The SMILES string of the molecule is CCC1CN(C(C)c2ccc(C3CCC3)nc2)CCN1c1cc(=O)n(C)n2cc(CC#N)nc12. The minimum atomic E-state index is -0.0771. The second-order valence-electron chi connectivity index (χ2n) is 9.70. The van der Waals surface area contributed by atoms with E-state index in [-0.39, 0.29) is 24.1 Å². The van der Waals surface area contributed by atoms with Crippen molar-refractivity contribution in [3.05, 3.63) is 57.9 Å². The number of aryl methyl sites for hydroxylation is 1. The van der Waals surface area contributed by atoms with Crippen molar-refractivity contribution in [2.45, 2.75) is 64.0 Å². The fourth-order valence-electron chi connectivity index (χ4n) is 5.30. The second kappa shape index (κ2) is 9.22. The van der Waals surface area contributed by atoms with E-state index < -0.39 is 0 Å².